The van der Waals surface area contributed by atoms with Gasteiger partial charge < -0.3 is 4.90 Å². The Bertz CT molecular complexity index is 395. The lowest BCUT2D eigenvalue weighted by Gasteiger charge is -2.27. The maximum absolute atomic E-state index is 4.78. The van der Waals surface area contributed by atoms with E-state index in [1.807, 2.05) is 20.3 Å². The monoisotopic (exact) mass is 235 g/mol. The molecule has 1 aromatic heterocycles. The molecule has 17 heavy (non-hydrogen) atoms. The van der Waals surface area contributed by atoms with Crippen molar-refractivity contribution in [2.75, 3.05) is 19.0 Å². The molecule has 0 N–H and O–H groups in total. The molecule has 1 aromatic rings. The first-order chi connectivity index (χ1) is 7.53. The molecule has 0 aliphatic rings. The molecule has 0 aliphatic carbocycles. The van der Waals surface area contributed by atoms with Crippen LogP contribution in [0.25, 0.3) is 0 Å². The lowest BCUT2D eigenvalue weighted by Crippen LogP contribution is -2.25. The highest BCUT2D eigenvalue weighted by Gasteiger charge is 2.25. The molecule has 96 valence electrons. The Morgan fingerprint density at radius 1 is 0.941 bits per heavy atom. The van der Waals surface area contributed by atoms with Gasteiger partial charge in [-0.25, -0.2) is 9.97 Å². The van der Waals surface area contributed by atoms with Crippen molar-refractivity contribution in [2.24, 2.45) is 0 Å². The lowest BCUT2D eigenvalue weighted by molar-refractivity contribution is 0.513. The number of nitrogens with zero attached hydrogens (tertiary/aromatic N) is 3. The SMILES string of the molecule is CN(C)c1cnc(C(C)(C)C)nc1C(C)(C)C. The van der Waals surface area contributed by atoms with Gasteiger partial charge in [0.2, 0.25) is 0 Å². The molecule has 3 nitrogen and oxygen atoms in total. The van der Waals surface area contributed by atoms with Gasteiger partial charge in [0.05, 0.1) is 17.6 Å². The van der Waals surface area contributed by atoms with Gasteiger partial charge >= 0.3 is 0 Å². The van der Waals surface area contributed by atoms with Crippen molar-refractivity contribution in [1.82, 2.24) is 9.97 Å². The Labute approximate surface area is 105 Å². The number of hydrogen-bond donors (Lipinski definition) is 0. The first kappa shape index (κ1) is 13.9. The molecule has 0 bridgehead atoms. The zero-order chi connectivity index (χ0) is 13.4. The van der Waals surface area contributed by atoms with Crippen molar-refractivity contribution < 1.29 is 0 Å². The summed E-state index contributed by atoms with van der Waals surface area (Å²) < 4.78 is 0. The largest absolute Gasteiger partial charge is 0.375 e. The maximum atomic E-state index is 4.78. The summed E-state index contributed by atoms with van der Waals surface area (Å²) in [5, 5.41) is 0. The molecule has 3 heteroatoms. The van der Waals surface area contributed by atoms with Gasteiger partial charge in [0.1, 0.15) is 5.82 Å². The summed E-state index contributed by atoms with van der Waals surface area (Å²) in [5.41, 5.74) is 2.24. The van der Waals surface area contributed by atoms with Crippen LogP contribution in [0.15, 0.2) is 6.20 Å². The van der Waals surface area contributed by atoms with E-state index in [-0.39, 0.29) is 10.8 Å². The van der Waals surface area contributed by atoms with Crippen LogP contribution in [0.4, 0.5) is 5.69 Å². The minimum Gasteiger partial charge on any atom is -0.375 e. The van der Waals surface area contributed by atoms with Crippen LogP contribution >= 0.6 is 0 Å². The Morgan fingerprint density at radius 2 is 1.47 bits per heavy atom. The van der Waals surface area contributed by atoms with Crippen LogP contribution in [0.3, 0.4) is 0 Å². The van der Waals surface area contributed by atoms with E-state index < -0.39 is 0 Å². The molecule has 0 radical (unpaired) electrons. The highest BCUT2D eigenvalue weighted by atomic mass is 15.1. The Morgan fingerprint density at radius 3 is 1.82 bits per heavy atom. The Hall–Kier alpha value is -1.12. The maximum Gasteiger partial charge on any atom is 0.134 e. The molecule has 0 saturated carbocycles. The van der Waals surface area contributed by atoms with Gasteiger partial charge in [-0.15, -0.1) is 0 Å². The van der Waals surface area contributed by atoms with Crippen molar-refractivity contribution >= 4 is 5.69 Å². The van der Waals surface area contributed by atoms with Crippen molar-refractivity contribution in [3.63, 3.8) is 0 Å². The summed E-state index contributed by atoms with van der Waals surface area (Å²) in [4.78, 5) is 11.4. The highest BCUT2D eigenvalue weighted by molar-refractivity contribution is 5.50. The van der Waals surface area contributed by atoms with Crippen LogP contribution in [0.5, 0.6) is 0 Å². The first-order valence-corrected chi connectivity index (χ1v) is 6.09. The van der Waals surface area contributed by atoms with E-state index in [0.717, 1.165) is 17.2 Å². The van der Waals surface area contributed by atoms with Gasteiger partial charge in [-0.3, -0.25) is 0 Å². The normalized spacial score (nSPS) is 12.7. The van der Waals surface area contributed by atoms with Crippen molar-refractivity contribution in [1.29, 1.82) is 0 Å². The topological polar surface area (TPSA) is 29.0 Å². The van der Waals surface area contributed by atoms with Gasteiger partial charge in [-0.05, 0) is 0 Å². The minimum absolute atomic E-state index is 0.00908. The van der Waals surface area contributed by atoms with Crippen molar-refractivity contribution in [3.05, 3.63) is 17.7 Å². The summed E-state index contributed by atoms with van der Waals surface area (Å²) in [6.07, 6.45) is 1.94. The van der Waals surface area contributed by atoms with E-state index in [1.165, 1.54) is 0 Å². The van der Waals surface area contributed by atoms with E-state index in [4.69, 9.17) is 4.98 Å². The minimum atomic E-state index is -0.00908. The lowest BCUT2D eigenvalue weighted by atomic mass is 9.89. The molecule has 1 rings (SSSR count). The average molecular weight is 235 g/mol. The number of hydrogen-bond acceptors (Lipinski definition) is 3. The van der Waals surface area contributed by atoms with E-state index in [1.54, 1.807) is 0 Å². The van der Waals surface area contributed by atoms with E-state index >= 15 is 0 Å². The third-order valence-corrected chi connectivity index (χ3v) is 2.63. The molecule has 0 atom stereocenters. The second-order valence-corrected chi connectivity index (χ2v) is 6.82. The number of aromatic nitrogens is 2. The fourth-order valence-electron chi connectivity index (χ4n) is 1.62. The predicted octanol–water partition coefficient (Wildman–Crippen LogP) is 3.14. The van der Waals surface area contributed by atoms with Gasteiger partial charge in [0, 0.05) is 24.9 Å². The quantitative estimate of drug-likeness (QED) is 0.749. The second-order valence-electron chi connectivity index (χ2n) is 6.82. The molecular formula is C14H25N3. The van der Waals surface area contributed by atoms with Crippen LogP contribution in [-0.2, 0) is 10.8 Å². The smallest absolute Gasteiger partial charge is 0.134 e. The number of rotatable bonds is 1. The van der Waals surface area contributed by atoms with E-state index in [9.17, 15) is 0 Å². The third-order valence-electron chi connectivity index (χ3n) is 2.63. The van der Waals surface area contributed by atoms with Crippen molar-refractivity contribution in [3.8, 4) is 0 Å². The second kappa shape index (κ2) is 4.28. The molecular weight excluding hydrogens is 210 g/mol. The number of anilines is 1. The molecule has 0 fully saturated rings. The highest BCUT2D eigenvalue weighted by Crippen LogP contribution is 2.30. The van der Waals surface area contributed by atoms with Gasteiger partial charge in [0.25, 0.3) is 0 Å². The Kier molecular flexibility index (Phi) is 3.51. The summed E-state index contributed by atoms with van der Waals surface area (Å²) >= 11 is 0. The first-order valence-electron chi connectivity index (χ1n) is 6.09. The average Bonchev–Trinajstić information content (AvgIpc) is 2.14. The van der Waals surface area contributed by atoms with Crippen molar-refractivity contribution in [2.45, 2.75) is 52.4 Å². The fraction of sp³-hybridized carbons (Fsp3) is 0.714. The fourth-order valence-corrected chi connectivity index (χ4v) is 1.62. The van der Waals surface area contributed by atoms with E-state index in [0.29, 0.717) is 0 Å². The van der Waals surface area contributed by atoms with E-state index in [2.05, 4.69) is 51.4 Å². The standard InChI is InChI=1S/C14H25N3/c1-13(2,3)11-10(17(7)8)9-15-12(16-11)14(4,5)6/h9H,1-8H3. The summed E-state index contributed by atoms with van der Waals surface area (Å²) in [5.74, 6) is 0.910. The molecule has 0 unspecified atom stereocenters. The molecule has 0 aromatic carbocycles. The molecule has 1 heterocycles. The van der Waals surface area contributed by atoms with Crippen LogP contribution in [-0.4, -0.2) is 24.1 Å². The Balaban J connectivity index is 3.41. The third kappa shape index (κ3) is 3.18. The van der Waals surface area contributed by atoms with Crippen LogP contribution in [0.1, 0.15) is 53.1 Å². The zero-order valence-corrected chi connectivity index (χ0v) is 12.4. The van der Waals surface area contributed by atoms with Gasteiger partial charge in [-0.1, -0.05) is 41.5 Å². The molecule has 0 amide bonds. The molecule has 0 spiro atoms. The van der Waals surface area contributed by atoms with Gasteiger partial charge in [0.15, 0.2) is 0 Å². The van der Waals surface area contributed by atoms with Crippen LogP contribution in [0.2, 0.25) is 0 Å². The van der Waals surface area contributed by atoms with Gasteiger partial charge in [-0.2, -0.15) is 0 Å². The summed E-state index contributed by atoms with van der Waals surface area (Å²) in [7, 11) is 4.06. The van der Waals surface area contributed by atoms with Crippen LogP contribution < -0.4 is 4.90 Å². The summed E-state index contributed by atoms with van der Waals surface area (Å²) in [6.45, 7) is 13.0. The zero-order valence-electron chi connectivity index (χ0n) is 12.4. The predicted molar refractivity (Wildman–Crippen MR) is 73.8 cm³/mol. The molecule has 0 aliphatic heterocycles. The summed E-state index contributed by atoms with van der Waals surface area (Å²) in [6, 6.07) is 0. The molecule has 0 saturated heterocycles. The van der Waals surface area contributed by atoms with Crippen LogP contribution in [0, 0.1) is 0 Å².